The number of aliphatic hydroxyl groups is 1. The average molecular weight is 493 g/mol. The molecule has 1 saturated heterocycles. The lowest BCUT2D eigenvalue weighted by molar-refractivity contribution is -0.150. The second-order valence-corrected chi connectivity index (χ2v) is 8.04. The first-order chi connectivity index (χ1) is 17.2. The van der Waals surface area contributed by atoms with E-state index in [9.17, 15) is 19.5 Å². The first-order valence-corrected chi connectivity index (χ1v) is 10.8. The zero-order valence-electron chi connectivity index (χ0n) is 19.2. The molecule has 186 valence electrons. The maximum atomic E-state index is 13.1. The molecule has 0 aliphatic carbocycles. The fourth-order valence-corrected chi connectivity index (χ4v) is 3.74. The summed E-state index contributed by atoms with van der Waals surface area (Å²) in [5.41, 5.74) is 18.3. The summed E-state index contributed by atoms with van der Waals surface area (Å²) in [6.07, 6.45) is 1.39. The van der Waals surface area contributed by atoms with E-state index in [2.05, 4.69) is 21.3 Å². The lowest BCUT2D eigenvalue weighted by Crippen LogP contribution is -2.55. The number of benzene rings is 1. The summed E-state index contributed by atoms with van der Waals surface area (Å²) in [5, 5.41) is 25.1. The number of hydrazine groups is 1. The minimum atomic E-state index is -1.78. The number of nitrogen functional groups attached to an aromatic ring is 1. The number of aliphatic hydroxyl groups excluding tert-OH is 1. The van der Waals surface area contributed by atoms with Gasteiger partial charge in [-0.2, -0.15) is 0 Å². The number of allylic oxidation sites excluding steroid dienone is 2. The standard InChI is InChI=1S/C21H24BN9O5/c22-13-7-10(1-2-12(13)18(23)24)27-20(34)16(32)17-21(35)30(5-6-36-17)15-3-4-31(29-15)11-8-14(19(25)33)28-26-9-11/h1-4,7-9,16-17,26,28,32H,5-6,22H2,(H3,23,24)(H2,25,33)(H,27,34). The van der Waals surface area contributed by atoms with Crippen molar-refractivity contribution < 1.29 is 24.2 Å². The molecule has 2 unspecified atom stereocenters. The number of nitrogens with zero attached hydrogens (tertiary/aromatic N) is 3. The lowest BCUT2D eigenvalue weighted by atomic mass is 9.89. The summed E-state index contributed by atoms with van der Waals surface area (Å²) in [6, 6.07) is 6.30. The van der Waals surface area contributed by atoms with Crippen LogP contribution in [-0.2, 0) is 19.1 Å². The molecule has 1 aromatic carbocycles. The van der Waals surface area contributed by atoms with Gasteiger partial charge in [0.05, 0.1) is 18.8 Å². The molecule has 4 rings (SSSR count). The third-order valence-corrected chi connectivity index (χ3v) is 5.56. The Morgan fingerprint density at radius 1 is 1.33 bits per heavy atom. The van der Waals surface area contributed by atoms with Crippen LogP contribution >= 0.6 is 0 Å². The maximum Gasteiger partial charge on any atom is 0.266 e. The number of carbonyl (C=O) groups excluding carboxylic acids is 3. The number of aromatic nitrogens is 2. The molecule has 0 saturated carbocycles. The van der Waals surface area contributed by atoms with Crippen molar-refractivity contribution in [3.63, 3.8) is 0 Å². The van der Waals surface area contributed by atoms with Crippen LogP contribution in [-0.4, -0.2) is 71.7 Å². The predicted molar refractivity (Wildman–Crippen MR) is 132 cm³/mol. The van der Waals surface area contributed by atoms with Crippen molar-refractivity contribution in [1.29, 1.82) is 5.41 Å². The van der Waals surface area contributed by atoms with Crippen LogP contribution < -0.4 is 38.0 Å². The highest BCUT2D eigenvalue weighted by molar-refractivity contribution is 6.37. The number of nitrogens with one attached hydrogen (secondary N) is 4. The summed E-state index contributed by atoms with van der Waals surface area (Å²) in [6.45, 7) is 0.230. The number of ether oxygens (including phenoxy) is 1. The van der Waals surface area contributed by atoms with E-state index in [1.165, 1.54) is 15.7 Å². The second kappa shape index (κ2) is 9.93. The lowest BCUT2D eigenvalue weighted by Gasteiger charge is -2.32. The molecule has 9 N–H and O–H groups in total. The van der Waals surface area contributed by atoms with Crippen molar-refractivity contribution in [1.82, 2.24) is 20.6 Å². The van der Waals surface area contributed by atoms with Gasteiger partial charge in [-0.1, -0.05) is 5.46 Å². The normalized spacial score (nSPS) is 18.3. The van der Waals surface area contributed by atoms with Gasteiger partial charge in [0, 0.05) is 29.7 Å². The van der Waals surface area contributed by atoms with Crippen LogP contribution in [0.2, 0.25) is 0 Å². The van der Waals surface area contributed by atoms with Gasteiger partial charge in [0.2, 0.25) is 0 Å². The number of amidine groups is 1. The van der Waals surface area contributed by atoms with E-state index < -0.39 is 29.9 Å². The molecule has 1 aromatic heterocycles. The molecule has 2 aromatic rings. The van der Waals surface area contributed by atoms with E-state index in [1.54, 1.807) is 44.5 Å². The van der Waals surface area contributed by atoms with Crippen molar-refractivity contribution >= 4 is 54.1 Å². The van der Waals surface area contributed by atoms with Crippen LogP contribution in [0.4, 0.5) is 11.5 Å². The molecule has 36 heavy (non-hydrogen) atoms. The Labute approximate surface area is 205 Å². The number of anilines is 2. The van der Waals surface area contributed by atoms with Gasteiger partial charge in [-0.25, -0.2) is 4.68 Å². The number of amides is 3. The Kier molecular flexibility index (Phi) is 6.76. The molecule has 14 nitrogen and oxygen atoms in total. The summed E-state index contributed by atoms with van der Waals surface area (Å²) in [4.78, 5) is 38.5. The van der Waals surface area contributed by atoms with E-state index in [-0.39, 0.29) is 30.5 Å². The molecular weight excluding hydrogens is 469 g/mol. The first kappa shape index (κ1) is 24.5. The fourth-order valence-electron chi connectivity index (χ4n) is 3.74. The topological polar surface area (TPSA) is 214 Å². The largest absolute Gasteiger partial charge is 0.384 e. The molecule has 0 bridgehead atoms. The van der Waals surface area contributed by atoms with E-state index in [0.717, 1.165) is 0 Å². The number of hydrogen-bond donors (Lipinski definition) is 7. The minimum Gasteiger partial charge on any atom is -0.384 e. The third-order valence-electron chi connectivity index (χ3n) is 5.56. The summed E-state index contributed by atoms with van der Waals surface area (Å²) < 4.78 is 6.86. The number of primary amides is 1. The third kappa shape index (κ3) is 4.91. The summed E-state index contributed by atoms with van der Waals surface area (Å²) >= 11 is 0. The van der Waals surface area contributed by atoms with Gasteiger partial charge in [-0.3, -0.25) is 30.1 Å². The van der Waals surface area contributed by atoms with Crippen LogP contribution in [0.1, 0.15) is 5.56 Å². The molecule has 3 amide bonds. The van der Waals surface area contributed by atoms with Crippen LogP contribution in [0.5, 0.6) is 0 Å². The van der Waals surface area contributed by atoms with Gasteiger partial charge >= 0.3 is 0 Å². The number of carbonyl (C=O) groups is 3. The highest BCUT2D eigenvalue weighted by atomic mass is 16.5. The Bertz CT molecular complexity index is 1300. The second-order valence-electron chi connectivity index (χ2n) is 8.04. The number of morpholine rings is 1. The number of nitrogens with two attached hydrogens (primary N) is 2. The van der Waals surface area contributed by atoms with E-state index in [0.29, 0.717) is 22.4 Å². The molecule has 15 heteroatoms. The van der Waals surface area contributed by atoms with Crippen LogP contribution in [0.25, 0.3) is 5.70 Å². The summed E-state index contributed by atoms with van der Waals surface area (Å²) in [5.74, 6) is -1.96. The highest BCUT2D eigenvalue weighted by Crippen LogP contribution is 2.21. The molecule has 0 radical (unpaired) electrons. The van der Waals surface area contributed by atoms with Crippen LogP contribution in [0.15, 0.2) is 48.4 Å². The van der Waals surface area contributed by atoms with E-state index in [1.807, 2.05) is 0 Å². The van der Waals surface area contributed by atoms with Crippen molar-refractivity contribution in [3.05, 3.63) is 54.0 Å². The predicted octanol–water partition coefficient (Wildman–Crippen LogP) is -3.57. The van der Waals surface area contributed by atoms with Gasteiger partial charge in [0.25, 0.3) is 17.7 Å². The Morgan fingerprint density at radius 2 is 2.11 bits per heavy atom. The average Bonchev–Trinajstić information content (AvgIpc) is 3.34. The zero-order valence-corrected chi connectivity index (χ0v) is 19.2. The fraction of sp³-hybridized carbons (Fsp3) is 0.190. The zero-order chi connectivity index (χ0) is 26.0. The van der Waals surface area contributed by atoms with Crippen molar-refractivity contribution in [2.75, 3.05) is 23.4 Å². The summed E-state index contributed by atoms with van der Waals surface area (Å²) in [7, 11) is 1.73. The van der Waals surface area contributed by atoms with Gasteiger partial charge < -0.3 is 32.1 Å². The Balaban J connectivity index is 1.46. The quantitative estimate of drug-likeness (QED) is 0.115. The number of hydrogen-bond acceptors (Lipinski definition) is 9. The van der Waals surface area contributed by atoms with Gasteiger partial charge in [0.15, 0.2) is 18.0 Å². The number of rotatable bonds is 7. The smallest absolute Gasteiger partial charge is 0.266 e. The van der Waals surface area contributed by atoms with Gasteiger partial charge in [-0.15, -0.1) is 5.10 Å². The molecule has 2 aliphatic rings. The molecule has 1 fully saturated rings. The maximum absolute atomic E-state index is 13.1. The van der Waals surface area contributed by atoms with E-state index >= 15 is 0 Å². The SMILES string of the molecule is Bc1cc(NC(=O)C(O)C2OCCN(c3ccn(C4=CNNC(C(N)=O)=C4)n3)C2=O)ccc1C(=N)N. The van der Waals surface area contributed by atoms with Crippen LogP contribution in [0, 0.1) is 5.41 Å². The Hall–Kier alpha value is -4.63. The van der Waals surface area contributed by atoms with Crippen LogP contribution in [0.3, 0.4) is 0 Å². The Morgan fingerprint density at radius 3 is 2.81 bits per heavy atom. The van der Waals surface area contributed by atoms with E-state index in [4.69, 9.17) is 21.6 Å². The molecule has 2 atom stereocenters. The van der Waals surface area contributed by atoms with Gasteiger partial charge in [0.1, 0.15) is 19.4 Å². The minimum absolute atomic E-state index is 0.0694. The molecule has 0 spiro atoms. The monoisotopic (exact) mass is 493 g/mol. The molecule has 2 aliphatic heterocycles. The highest BCUT2D eigenvalue weighted by Gasteiger charge is 2.40. The first-order valence-electron chi connectivity index (χ1n) is 10.8. The molecular formula is C21H24BN9O5. The van der Waals surface area contributed by atoms with Crippen molar-refractivity contribution in [2.45, 2.75) is 12.2 Å². The van der Waals surface area contributed by atoms with Crippen molar-refractivity contribution in [3.8, 4) is 0 Å². The van der Waals surface area contributed by atoms with Crippen molar-refractivity contribution in [2.24, 2.45) is 11.5 Å². The molecule has 3 heterocycles. The van der Waals surface area contributed by atoms with Gasteiger partial charge in [-0.05, 0) is 24.3 Å².